The Morgan fingerprint density at radius 3 is 2.94 bits per heavy atom. The summed E-state index contributed by atoms with van der Waals surface area (Å²) in [5.74, 6) is -1.45. The Morgan fingerprint density at radius 2 is 2.39 bits per heavy atom. The Morgan fingerprint density at radius 1 is 1.67 bits per heavy atom. The number of furan rings is 1. The van der Waals surface area contributed by atoms with Crippen LogP contribution in [0.25, 0.3) is 11.0 Å². The molecule has 0 radical (unpaired) electrons. The molecule has 5 nitrogen and oxygen atoms in total. The molecule has 0 aliphatic rings. The number of methoxy groups -OCH3 is 1. The Bertz CT molecular complexity index is 593. The first-order valence-electron chi connectivity index (χ1n) is 5.26. The number of hydrogen-bond donors (Lipinski definition) is 2. The van der Waals surface area contributed by atoms with Gasteiger partial charge in [0.1, 0.15) is 0 Å². The van der Waals surface area contributed by atoms with E-state index in [1.807, 2.05) is 0 Å². The van der Waals surface area contributed by atoms with Gasteiger partial charge in [-0.05, 0) is 17.7 Å². The van der Waals surface area contributed by atoms with Crippen LogP contribution in [-0.4, -0.2) is 24.7 Å². The third kappa shape index (κ3) is 1.91. The van der Waals surface area contributed by atoms with E-state index in [-0.39, 0.29) is 6.54 Å². The van der Waals surface area contributed by atoms with Crippen LogP contribution < -0.4 is 10.5 Å². The topological polar surface area (TPSA) is 85.7 Å². The zero-order chi connectivity index (χ0) is 13.3. The van der Waals surface area contributed by atoms with Crippen molar-refractivity contribution < 1.29 is 19.1 Å². The molecule has 1 aromatic carbocycles. The number of carboxylic acids is 1. The van der Waals surface area contributed by atoms with Gasteiger partial charge in [-0.15, -0.1) is 0 Å². The van der Waals surface area contributed by atoms with E-state index in [2.05, 4.69) is 0 Å². The van der Waals surface area contributed by atoms with Gasteiger partial charge >= 0.3 is 5.97 Å². The molecule has 1 heterocycles. The molecule has 6 heteroatoms. The molecule has 0 saturated carbocycles. The Balaban J connectivity index is 2.70. The fourth-order valence-electron chi connectivity index (χ4n) is 1.86. The van der Waals surface area contributed by atoms with Crippen LogP contribution in [0, 0.1) is 0 Å². The van der Waals surface area contributed by atoms with Gasteiger partial charge in [0.05, 0.1) is 24.3 Å². The van der Waals surface area contributed by atoms with E-state index in [0.717, 1.165) is 0 Å². The summed E-state index contributed by atoms with van der Waals surface area (Å²) in [5, 5.41) is 10.1. The van der Waals surface area contributed by atoms with Gasteiger partial charge in [0.2, 0.25) is 0 Å². The van der Waals surface area contributed by atoms with Crippen molar-refractivity contribution in [2.24, 2.45) is 5.73 Å². The van der Waals surface area contributed by atoms with Crippen molar-refractivity contribution in [2.45, 2.75) is 5.92 Å². The van der Waals surface area contributed by atoms with Gasteiger partial charge in [0, 0.05) is 11.9 Å². The molecular formula is C12H12ClNO4. The molecule has 1 atom stereocenters. The van der Waals surface area contributed by atoms with Gasteiger partial charge in [0.25, 0.3) is 0 Å². The number of carbonyl (C=O) groups is 1. The molecule has 0 amide bonds. The van der Waals surface area contributed by atoms with Gasteiger partial charge in [-0.3, -0.25) is 4.79 Å². The van der Waals surface area contributed by atoms with Crippen LogP contribution in [0.1, 0.15) is 11.5 Å². The summed E-state index contributed by atoms with van der Waals surface area (Å²) in [7, 11) is 1.48. The van der Waals surface area contributed by atoms with Crippen molar-refractivity contribution in [2.75, 3.05) is 13.7 Å². The van der Waals surface area contributed by atoms with Crippen LogP contribution >= 0.6 is 11.6 Å². The lowest BCUT2D eigenvalue weighted by molar-refractivity contribution is -0.138. The summed E-state index contributed by atoms with van der Waals surface area (Å²) in [6.45, 7) is -0.0401. The molecule has 2 aromatic rings. The van der Waals surface area contributed by atoms with E-state index in [4.69, 9.17) is 31.6 Å². The average Bonchev–Trinajstić information content (AvgIpc) is 2.82. The lowest BCUT2D eigenvalue weighted by Gasteiger charge is -2.14. The largest absolute Gasteiger partial charge is 0.493 e. The lowest BCUT2D eigenvalue weighted by Crippen LogP contribution is -2.21. The van der Waals surface area contributed by atoms with Gasteiger partial charge in [-0.1, -0.05) is 11.6 Å². The molecule has 0 aliphatic heterocycles. The van der Waals surface area contributed by atoms with E-state index in [0.29, 0.717) is 27.3 Å². The van der Waals surface area contributed by atoms with E-state index in [9.17, 15) is 4.79 Å². The number of hydrogen-bond acceptors (Lipinski definition) is 4. The summed E-state index contributed by atoms with van der Waals surface area (Å²) in [4.78, 5) is 11.2. The molecule has 18 heavy (non-hydrogen) atoms. The predicted molar refractivity (Wildman–Crippen MR) is 67.2 cm³/mol. The molecule has 0 fully saturated rings. The van der Waals surface area contributed by atoms with Crippen molar-refractivity contribution in [3.05, 3.63) is 29.0 Å². The molecule has 0 spiro atoms. The molecule has 2 rings (SSSR count). The molecule has 1 aromatic heterocycles. The first-order valence-corrected chi connectivity index (χ1v) is 5.64. The Hall–Kier alpha value is -1.72. The van der Waals surface area contributed by atoms with Crippen LogP contribution in [0.3, 0.4) is 0 Å². The first kappa shape index (κ1) is 12.7. The highest BCUT2D eigenvalue weighted by Gasteiger charge is 2.24. The summed E-state index contributed by atoms with van der Waals surface area (Å²) >= 11 is 6.20. The predicted octanol–water partition coefficient (Wildman–Crippen LogP) is 2.22. The van der Waals surface area contributed by atoms with Crippen molar-refractivity contribution in [3.8, 4) is 5.75 Å². The van der Waals surface area contributed by atoms with Crippen LogP contribution in [0.4, 0.5) is 0 Å². The molecule has 1 unspecified atom stereocenters. The second-order valence-corrected chi connectivity index (χ2v) is 4.15. The molecule has 0 aliphatic carbocycles. The third-order valence-corrected chi connectivity index (χ3v) is 3.22. The normalized spacial score (nSPS) is 12.6. The number of halogens is 1. The fraction of sp³-hybridized carbons (Fsp3) is 0.250. The van der Waals surface area contributed by atoms with Crippen LogP contribution in [0.5, 0.6) is 5.75 Å². The highest BCUT2D eigenvalue weighted by atomic mass is 35.5. The zero-order valence-corrected chi connectivity index (χ0v) is 10.4. The summed E-state index contributed by atoms with van der Waals surface area (Å²) < 4.78 is 10.4. The van der Waals surface area contributed by atoms with Crippen LogP contribution in [0.2, 0.25) is 5.02 Å². The van der Waals surface area contributed by atoms with Crippen molar-refractivity contribution in [3.63, 3.8) is 0 Å². The zero-order valence-electron chi connectivity index (χ0n) is 9.64. The highest BCUT2D eigenvalue weighted by molar-refractivity contribution is 6.36. The number of fused-ring (bicyclic) bond motifs is 1. The molecule has 0 bridgehead atoms. The van der Waals surface area contributed by atoms with Crippen LogP contribution in [-0.2, 0) is 4.79 Å². The number of rotatable bonds is 4. The monoisotopic (exact) mass is 269 g/mol. The standard InChI is InChI=1S/C12H12ClNO4/c1-17-9-4-7(8(5-14)12(15)16)10(13)6-2-3-18-11(6)9/h2-4,8H,5,14H2,1H3,(H,15,16). The van der Waals surface area contributed by atoms with Gasteiger partial charge in [-0.25, -0.2) is 0 Å². The van der Waals surface area contributed by atoms with E-state index in [1.54, 1.807) is 12.1 Å². The van der Waals surface area contributed by atoms with E-state index < -0.39 is 11.9 Å². The number of carboxylic acid groups (broad SMARTS) is 1. The van der Waals surface area contributed by atoms with E-state index >= 15 is 0 Å². The number of nitrogens with two attached hydrogens (primary N) is 1. The second-order valence-electron chi connectivity index (χ2n) is 3.77. The maximum absolute atomic E-state index is 11.2. The number of aliphatic carboxylic acids is 1. The highest BCUT2D eigenvalue weighted by Crippen LogP contribution is 2.38. The first-order chi connectivity index (χ1) is 8.60. The Labute approximate surface area is 108 Å². The summed E-state index contributed by atoms with van der Waals surface area (Å²) in [6.07, 6.45) is 1.47. The summed E-state index contributed by atoms with van der Waals surface area (Å²) in [6, 6.07) is 3.22. The molecule has 96 valence electrons. The van der Waals surface area contributed by atoms with Gasteiger partial charge in [0.15, 0.2) is 11.3 Å². The van der Waals surface area contributed by atoms with Crippen molar-refractivity contribution in [1.82, 2.24) is 0 Å². The second kappa shape index (κ2) is 4.88. The van der Waals surface area contributed by atoms with Crippen molar-refractivity contribution in [1.29, 1.82) is 0 Å². The summed E-state index contributed by atoms with van der Waals surface area (Å²) in [5.41, 5.74) is 6.40. The molecular weight excluding hydrogens is 258 g/mol. The van der Waals surface area contributed by atoms with Gasteiger partial charge < -0.3 is 20.0 Å². The maximum atomic E-state index is 11.2. The SMILES string of the molecule is COc1cc(C(CN)C(=O)O)c(Cl)c2ccoc12. The fourth-order valence-corrected chi connectivity index (χ4v) is 2.20. The smallest absolute Gasteiger partial charge is 0.312 e. The lowest BCUT2D eigenvalue weighted by atomic mass is 9.97. The minimum Gasteiger partial charge on any atom is -0.493 e. The number of benzene rings is 1. The van der Waals surface area contributed by atoms with Crippen molar-refractivity contribution >= 4 is 28.5 Å². The average molecular weight is 270 g/mol. The minimum atomic E-state index is -1.02. The van der Waals surface area contributed by atoms with Gasteiger partial charge in [-0.2, -0.15) is 0 Å². The molecule has 3 N–H and O–H groups in total. The minimum absolute atomic E-state index is 0.0401. The molecule has 0 saturated heterocycles. The van der Waals surface area contributed by atoms with E-state index in [1.165, 1.54) is 13.4 Å². The van der Waals surface area contributed by atoms with Crippen LogP contribution in [0.15, 0.2) is 22.8 Å². The quantitative estimate of drug-likeness (QED) is 0.889. The Kier molecular flexibility index (Phi) is 3.45. The maximum Gasteiger partial charge on any atom is 0.312 e. The number of ether oxygens (including phenoxy) is 1. The third-order valence-electron chi connectivity index (χ3n) is 2.79.